The van der Waals surface area contributed by atoms with Gasteiger partial charge in [-0.15, -0.1) is 0 Å². The van der Waals surface area contributed by atoms with Gasteiger partial charge in [-0.2, -0.15) is 0 Å². The highest BCUT2D eigenvalue weighted by molar-refractivity contribution is 5.69. The Morgan fingerprint density at radius 2 is 1.90 bits per heavy atom. The molecule has 0 saturated carbocycles. The summed E-state index contributed by atoms with van der Waals surface area (Å²) in [7, 11) is 1.71. The third kappa shape index (κ3) is 6.65. The Morgan fingerprint density at radius 3 is 2.57 bits per heavy atom. The number of ether oxygens (including phenoxy) is 2. The van der Waals surface area contributed by atoms with E-state index in [-0.39, 0.29) is 5.97 Å². The lowest BCUT2D eigenvalue weighted by Crippen LogP contribution is -2.05. The zero-order valence-corrected chi connectivity index (χ0v) is 13.6. The molecule has 0 atom stereocenters. The molecule has 0 aliphatic heterocycles. The molecule has 1 aromatic rings. The fourth-order valence-electron chi connectivity index (χ4n) is 2.40. The van der Waals surface area contributed by atoms with E-state index < -0.39 is 0 Å². The third-order valence-corrected chi connectivity index (χ3v) is 3.57. The molecule has 1 aromatic carbocycles. The van der Waals surface area contributed by atoms with Crippen molar-refractivity contribution in [3.05, 3.63) is 29.3 Å². The van der Waals surface area contributed by atoms with E-state index in [9.17, 15) is 4.79 Å². The predicted molar refractivity (Wildman–Crippen MR) is 85.8 cm³/mol. The van der Waals surface area contributed by atoms with Gasteiger partial charge in [0, 0.05) is 6.42 Å². The molecule has 0 amide bonds. The molecule has 0 unspecified atom stereocenters. The van der Waals surface area contributed by atoms with Crippen LogP contribution < -0.4 is 4.74 Å². The van der Waals surface area contributed by atoms with Gasteiger partial charge in [0.1, 0.15) is 5.75 Å². The maximum Gasteiger partial charge on any atom is 0.306 e. The highest BCUT2D eigenvalue weighted by atomic mass is 16.5. The first kappa shape index (κ1) is 17.5. The second kappa shape index (κ2) is 10.3. The number of rotatable bonds is 10. The van der Waals surface area contributed by atoms with Gasteiger partial charge in [0.15, 0.2) is 0 Å². The van der Waals surface area contributed by atoms with Crippen LogP contribution in [0.5, 0.6) is 5.75 Å². The Bertz CT molecular complexity index is 426. The Morgan fingerprint density at radius 1 is 1.10 bits per heavy atom. The molecule has 0 radical (unpaired) electrons. The molecule has 0 bridgehead atoms. The minimum atomic E-state index is -0.127. The van der Waals surface area contributed by atoms with E-state index in [1.165, 1.54) is 36.8 Å². The van der Waals surface area contributed by atoms with E-state index in [1.807, 2.05) is 19.1 Å². The van der Waals surface area contributed by atoms with Crippen LogP contribution in [0.1, 0.15) is 57.1 Å². The van der Waals surface area contributed by atoms with Gasteiger partial charge in [0.05, 0.1) is 13.7 Å². The normalized spacial score (nSPS) is 10.4. The van der Waals surface area contributed by atoms with Gasteiger partial charge in [0.25, 0.3) is 0 Å². The van der Waals surface area contributed by atoms with E-state index in [4.69, 9.17) is 9.47 Å². The molecule has 3 nitrogen and oxygen atoms in total. The molecule has 0 aromatic heterocycles. The van der Waals surface area contributed by atoms with Crippen molar-refractivity contribution < 1.29 is 14.3 Å². The topological polar surface area (TPSA) is 35.5 Å². The Balaban J connectivity index is 2.59. The van der Waals surface area contributed by atoms with E-state index in [2.05, 4.69) is 13.0 Å². The average molecular weight is 292 g/mol. The molecule has 0 aliphatic carbocycles. The number of carbonyl (C=O) groups is 1. The number of carbonyl (C=O) groups excluding carboxylic acids is 1. The summed E-state index contributed by atoms with van der Waals surface area (Å²) in [5.41, 5.74) is 2.42. The molecule has 21 heavy (non-hydrogen) atoms. The van der Waals surface area contributed by atoms with Gasteiger partial charge in [-0.05, 0) is 43.4 Å². The maximum absolute atomic E-state index is 11.4. The SMILES string of the molecule is CCCCCCc1cc(CCC(=O)OCC)ccc1OC. The number of hydrogen-bond donors (Lipinski definition) is 0. The first-order chi connectivity index (χ1) is 10.2. The number of unbranched alkanes of at least 4 members (excludes halogenated alkanes) is 3. The fraction of sp³-hybridized carbons (Fsp3) is 0.611. The van der Waals surface area contributed by atoms with E-state index in [1.54, 1.807) is 7.11 Å². The summed E-state index contributed by atoms with van der Waals surface area (Å²) in [6.07, 6.45) is 7.18. The van der Waals surface area contributed by atoms with Crippen LogP contribution in [0.25, 0.3) is 0 Å². The molecule has 0 fully saturated rings. The van der Waals surface area contributed by atoms with Crippen LogP contribution in [0.15, 0.2) is 18.2 Å². The van der Waals surface area contributed by atoms with Gasteiger partial charge >= 0.3 is 5.97 Å². The Kier molecular flexibility index (Phi) is 8.56. The maximum atomic E-state index is 11.4. The lowest BCUT2D eigenvalue weighted by Gasteiger charge is -2.11. The van der Waals surface area contributed by atoms with Crippen molar-refractivity contribution >= 4 is 5.97 Å². The van der Waals surface area contributed by atoms with Gasteiger partial charge in [0.2, 0.25) is 0 Å². The van der Waals surface area contributed by atoms with E-state index in [0.717, 1.165) is 18.6 Å². The summed E-state index contributed by atoms with van der Waals surface area (Å²) in [6.45, 7) is 4.50. The lowest BCUT2D eigenvalue weighted by atomic mass is 10.0. The highest BCUT2D eigenvalue weighted by Crippen LogP contribution is 2.23. The van der Waals surface area contributed by atoms with Crippen LogP contribution in [0.3, 0.4) is 0 Å². The second-order valence-corrected chi connectivity index (χ2v) is 5.26. The zero-order valence-electron chi connectivity index (χ0n) is 13.6. The molecular weight excluding hydrogens is 264 g/mol. The lowest BCUT2D eigenvalue weighted by molar-refractivity contribution is -0.143. The molecule has 1 rings (SSSR count). The van der Waals surface area contributed by atoms with Gasteiger partial charge in [-0.1, -0.05) is 38.3 Å². The standard InChI is InChI=1S/C18H28O3/c1-4-6-7-8-9-16-14-15(10-12-17(16)20-3)11-13-18(19)21-5-2/h10,12,14H,4-9,11,13H2,1-3H3. The van der Waals surface area contributed by atoms with Gasteiger partial charge in [-0.3, -0.25) is 4.79 Å². The van der Waals surface area contributed by atoms with Crippen LogP contribution in [0.4, 0.5) is 0 Å². The van der Waals surface area contributed by atoms with Crippen LogP contribution in [0, 0.1) is 0 Å². The van der Waals surface area contributed by atoms with Crippen molar-refractivity contribution in [1.82, 2.24) is 0 Å². The van der Waals surface area contributed by atoms with Crippen molar-refractivity contribution in [3.8, 4) is 5.75 Å². The van der Waals surface area contributed by atoms with Crippen LogP contribution in [-0.2, 0) is 22.4 Å². The van der Waals surface area contributed by atoms with Crippen molar-refractivity contribution in [3.63, 3.8) is 0 Å². The first-order valence-corrected chi connectivity index (χ1v) is 8.02. The smallest absolute Gasteiger partial charge is 0.306 e. The largest absolute Gasteiger partial charge is 0.496 e. The molecule has 3 heteroatoms. The van der Waals surface area contributed by atoms with Crippen LogP contribution in [0.2, 0.25) is 0 Å². The zero-order chi connectivity index (χ0) is 15.5. The number of benzene rings is 1. The predicted octanol–water partition coefficient (Wildman–Crippen LogP) is 4.31. The molecule has 0 aliphatic rings. The quantitative estimate of drug-likeness (QED) is 0.476. The Labute approximate surface area is 128 Å². The molecule has 0 heterocycles. The molecule has 0 saturated heterocycles. The number of esters is 1. The van der Waals surface area contributed by atoms with Crippen molar-refractivity contribution in [2.45, 2.75) is 58.8 Å². The van der Waals surface area contributed by atoms with Gasteiger partial charge < -0.3 is 9.47 Å². The van der Waals surface area contributed by atoms with Gasteiger partial charge in [-0.25, -0.2) is 0 Å². The van der Waals surface area contributed by atoms with Crippen molar-refractivity contribution in [2.75, 3.05) is 13.7 Å². The minimum Gasteiger partial charge on any atom is -0.496 e. The highest BCUT2D eigenvalue weighted by Gasteiger charge is 2.07. The van der Waals surface area contributed by atoms with E-state index in [0.29, 0.717) is 13.0 Å². The number of methoxy groups -OCH3 is 1. The first-order valence-electron chi connectivity index (χ1n) is 8.02. The average Bonchev–Trinajstić information content (AvgIpc) is 2.50. The molecule has 118 valence electrons. The summed E-state index contributed by atoms with van der Waals surface area (Å²) in [5.74, 6) is 0.823. The van der Waals surface area contributed by atoms with E-state index >= 15 is 0 Å². The van der Waals surface area contributed by atoms with Crippen LogP contribution in [-0.4, -0.2) is 19.7 Å². The number of aryl methyl sites for hydroxylation is 2. The second-order valence-electron chi connectivity index (χ2n) is 5.26. The monoisotopic (exact) mass is 292 g/mol. The fourth-order valence-corrected chi connectivity index (χ4v) is 2.40. The number of hydrogen-bond acceptors (Lipinski definition) is 3. The van der Waals surface area contributed by atoms with Crippen molar-refractivity contribution in [2.24, 2.45) is 0 Å². The Hall–Kier alpha value is -1.51. The van der Waals surface area contributed by atoms with Crippen LogP contribution >= 0.6 is 0 Å². The molecule has 0 spiro atoms. The van der Waals surface area contributed by atoms with Crippen molar-refractivity contribution in [1.29, 1.82) is 0 Å². The summed E-state index contributed by atoms with van der Waals surface area (Å²) < 4.78 is 10.4. The summed E-state index contributed by atoms with van der Waals surface area (Å²) in [4.78, 5) is 11.4. The molecule has 0 N–H and O–H groups in total. The summed E-state index contributed by atoms with van der Waals surface area (Å²) >= 11 is 0. The summed E-state index contributed by atoms with van der Waals surface area (Å²) in [6, 6.07) is 6.22. The molecular formula is C18H28O3. The summed E-state index contributed by atoms with van der Waals surface area (Å²) in [5, 5.41) is 0. The third-order valence-electron chi connectivity index (χ3n) is 3.57. The minimum absolute atomic E-state index is 0.127.